The molecule has 0 spiro atoms. The molecular formula is C12H17NO6S. The molecule has 112 valence electrons. The summed E-state index contributed by atoms with van der Waals surface area (Å²) in [5.41, 5.74) is 6.23. The molecule has 0 unspecified atom stereocenters. The number of aliphatic hydroxyl groups is 1. The number of hydrogen-bond donors (Lipinski definition) is 2. The summed E-state index contributed by atoms with van der Waals surface area (Å²) in [5.74, 6) is 1.14. The number of fused-ring (bicyclic) bond motifs is 1. The van der Waals surface area contributed by atoms with Gasteiger partial charge in [0.25, 0.3) is 10.1 Å². The van der Waals surface area contributed by atoms with Crippen LogP contribution < -0.4 is 15.2 Å². The predicted octanol–water partition coefficient (Wildman–Crippen LogP) is -0.205. The zero-order valence-electron chi connectivity index (χ0n) is 11.0. The maximum absolute atomic E-state index is 10.9. The summed E-state index contributed by atoms with van der Waals surface area (Å²) in [6.45, 7) is 0.626. The summed E-state index contributed by atoms with van der Waals surface area (Å²) in [5, 5.41) is 10.1. The Balaban J connectivity index is 2.06. The highest BCUT2D eigenvalue weighted by molar-refractivity contribution is 7.85. The van der Waals surface area contributed by atoms with Gasteiger partial charge in [-0.15, -0.1) is 0 Å². The fourth-order valence-corrected chi connectivity index (χ4v) is 2.19. The fourth-order valence-electron chi connectivity index (χ4n) is 1.78. The van der Waals surface area contributed by atoms with Crippen LogP contribution in [0.15, 0.2) is 18.2 Å². The van der Waals surface area contributed by atoms with E-state index in [4.69, 9.17) is 15.2 Å². The topological polar surface area (TPSA) is 108 Å². The molecule has 1 aromatic rings. The van der Waals surface area contributed by atoms with Crippen LogP contribution in [-0.2, 0) is 14.3 Å². The summed E-state index contributed by atoms with van der Waals surface area (Å²) in [6.07, 6.45) is -0.136. The predicted molar refractivity (Wildman–Crippen MR) is 71.2 cm³/mol. The van der Waals surface area contributed by atoms with Gasteiger partial charge in [-0.25, -0.2) is 0 Å². The molecule has 0 fully saturated rings. The van der Waals surface area contributed by atoms with Crippen LogP contribution in [0.2, 0.25) is 0 Å². The van der Waals surface area contributed by atoms with Crippen molar-refractivity contribution in [2.45, 2.75) is 12.1 Å². The first-order valence-corrected chi connectivity index (χ1v) is 7.86. The average molecular weight is 303 g/mol. The van der Waals surface area contributed by atoms with Crippen LogP contribution in [0, 0.1) is 0 Å². The number of aliphatic hydroxyl groups excluding tert-OH is 1. The average Bonchev–Trinajstić information content (AvgIpc) is 2.42. The molecule has 1 aliphatic rings. The Hall–Kier alpha value is -1.35. The lowest BCUT2D eigenvalue weighted by Crippen LogP contribution is -2.34. The standard InChI is InChI=1S/C12H17NO6S/c1-20(15,16)19-7-9(13)12(14)8-2-3-10-11(6-8)18-5-4-17-10/h2-3,6,9,12,14H,4-5,7,13H2,1H3/t9-,12-/m1/s1. The highest BCUT2D eigenvalue weighted by Gasteiger charge is 2.21. The monoisotopic (exact) mass is 303 g/mol. The molecule has 2 atom stereocenters. The van der Waals surface area contributed by atoms with Gasteiger partial charge in [-0.3, -0.25) is 4.18 Å². The minimum atomic E-state index is -3.59. The Morgan fingerprint density at radius 2 is 2.00 bits per heavy atom. The van der Waals surface area contributed by atoms with Gasteiger partial charge in [0.2, 0.25) is 0 Å². The number of rotatable bonds is 5. The molecule has 0 saturated heterocycles. The molecule has 0 aliphatic carbocycles. The molecule has 0 saturated carbocycles. The third-order valence-electron chi connectivity index (χ3n) is 2.79. The molecular weight excluding hydrogens is 286 g/mol. The van der Waals surface area contributed by atoms with Crippen molar-refractivity contribution in [1.82, 2.24) is 0 Å². The van der Waals surface area contributed by atoms with Gasteiger partial charge in [-0.1, -0.05) is 6.07 Å². The number of benzene rings is 1. The van der Waals surface area contributed by atoms with E-state index < -0.39 is 22.3 Å². The second kappa shape index (κ2) is 5.96. The summed E-state index contributed by atoms with van der Waals surface area (Å²) in [7, 11) is -3.59. The Morgan fingerprint density at radius 3 is 2.65 bits per heavy atom. The van der Waals surface area contributed by atoms with E-state index in [2.05, 4.69) is 4.18 Å². The van der Waals surface area contributed by atoms with Crippen molar-refractivity contribution >= 4 is 10.1 Å². The van der Waals surface area contributed by atoms with E-state index >= 15 is 0 Å². The minimum absolute atomic E-state index is 0.297. The maximum Gasteiger partial charge on any atom is 0.264 e. The van der Waals surface area contributed by atoms with E-state index in [9.17, 15) is 13.5 Å². The van der Waals surface area contributed by atoms with E-state index in [0.29, 0.717) is 30.3 Å². The van der Waals surface area contributed by atoms with Crippen LogP contribution in [0.1, 0.15) is 11.7 Å². The second-order valence-corrected chi connectivity index (χ2v) is 6.14. The van der Waals surface area contributed by atoms with Crippen molar-refractivity contribution in [3.05, 3.63) is 23.8 Å². The second-order valence-electron chi connectivity index (χ2n) is 4.50. The van der Waals surface area contributed by atoms with Crippen molar-refractivity contribution in [2.24, 2.45) is 5.73 Å². The number of nitrogens with two attached hydrogens (primary N) is 1. The van der Waals surface area contributed by atoms with Crippen molar-refractivity contribution in [3.63, 3.8) is 0 Å². The first kappa shape index (κ1) is 15.0. The fraction of sp³-hybridized carbons (Fsp3) is 0.500. The van der Waals surface area contributed by atoms with Crippen LogP contribution in [-0.4, -0.2) is 45.6 Å². The zero-order valence-corrected chi connectivity index (χ0v) is 11.8. The molecule has 1 aromatic carbocycles. The molecule has 8 heteroatoms. The normalized spacial score (nSPS) is 17.6. The van der Waals surface area contributed by atoms with Crippen molar-refractivity contribution in [3.8, 4) is 11.5 Å². The Bertz CT molecular complexity index is 573. The van der Waals surface area contributed by atoms with E-state index in [1.165, 1.54) is 0 Å². The molecule has 0 amide bonds. The van der Waals surface area contributed by atoms with Gasteiger partial charge in [0.1, 0.15) is 13.2 Å². The quantitative estimate of drug-likeness (QED) is 0.725. The lowest BCUT2D eigenvalue weighted by atomic mass is 10.0. The molecule has 2 rings (SSSR count). The first-order chi connectivity index (χ1) is 9.37. The van der Waals surface area contributed by atoms with Crippen molar-refractivity contribution in [2.75, 3.05) is 26.1 Å². The van der Waals surface area contributed by atoms with Gasteiger partial charge in [0.15, 0.2) is 11.5 Å². The third-order valence-corrected chi connectivity index (χ3v) is 3.35. The van der Waals surface area contributed by atoms with Crippen LogP contribution in [0.3, 0.4) is 0 Å². The van der Waals surface area contributed by atoms with Gasteiger partial charge in [-0.05, 0) is 17.7 Å². The van der Waals surface area contributed by atoms with Crippen LogP contribution in [0.25, 0.3) is 0 Å². The van der Waals surface area contributed by atoms with Crippen LogP contribution >= 0.6 is 0 Å². The van der Waals surface area contributed by atoms with Gasteiger partial charge >= 0.3 is 0 Å². The van der Waals surface area contributed by atoms with Crippen molar-refractivity contribution < 1.29 is 27.2 Å². The van der Waals surface area contributed by atoms with E-state index in [-0.39, 0.29) is 6.61 Å². The molecule has 1 heterocycles. The summed E-state index contributed by atoms with van der Waals surface area (Å²) in [6, 6.07) is 4.09. The van der Waals surface area contributed by atoms with E-state index in [1.54, 1.807) is 18.2 Å². The lowest BCUT2D eigenvalue weighted by Gasteiger charge is -2.22. The Labute approximate surface area is 117 Å². The lowest BCUT2D eigenvalue weighted by molar-refractivity contribution is 0.117. The zero-order chi connectivity index (χ0) is 14.8. The summed E-state index contributed by atoms with van der Waals surface area (Å²) < 4.78 is 37.1. The molecule has 0 aromatic heterocycles. The Kier molecular flexibility index (Phi) is 4.48. The molecule has 0 radical (unpaired) electrons. The summed E-state index contributed by atoms with van der Waals surface area (Å²) in [4.78, 5) is 0. The summed E-state index contributed by atoms with van der Waals surface area (Å²) >= 11 is 0. The Morgan fingerprint density at radius 1 is 1.35 bits per heavy atom. The SMILES string of the molecule is CS(=O)(=O)OC[C@@H](N)[C@H](O)c1ccc2c(c1)OCCO2. The van der Waals surface area contributed by atoms with Gasteiger partial charge in [0, 0.05) is 0 Å². The third kappa shape index (κ3) is 3.83. The van der Waals surface area contributed by atoms with Crippen LogP contribution in [0.4, 0.5) is 0 Å². The van der Waals surface area contributed by atoms with Gasteiger partial charge < -0.3 is 20.3 Å². The van der Waals surface area contributed by atoms with Crippen molar-refractivity contribution in [1.29, 1.82) is 0 Å². The first-order valence-electron chi connectivity index (χ1n) is 6.04. The molecule has 7 nitrogen and oxygen atoms in total. The largest absolute Gasteiger partial charge is 0.486 e. The maximum atomic E-state index is 10.9. The number of ether oxygens (including phenoxy) is 2. The van der Waals surface area contributed by atoms with Gasteiger partial charge in [-0.2, -0.15) is 8.42 Å². The van der Waals surface area contributed by atoms with E-state index in [0.717, 1.165) is 6.26 Å². The highest BCUT2D eigenvalue weighted by atomic mass is 32.2. The molecule has 20 heavy (non-hydrogen) atoms. The smallest absolute Gasteiger partial charge is 0.264 e. The highest BCUT2D eigenvalue weighted by Crippen LogP contribution is 2.33. The van der Waals surface area contributed by atoms with Gasteiger partial charge in [0.05, 0.1) is 25.0 Å². The molecule has 3 N–H and O–H groups in total. The number of hydrogen-bond acceptors (Lipinski definition) is 7. The molecule has 1 aliphatic heterocycles. The van der Waals surface area contributed by atoms with Crippen LogP contribution in [0.5, 0.6) is 11.5 Å². The van der Waals surface area contributed by atoms with E-state index in [1.807, 2.05) is 0 Å². The molecule has 0 bridgehead atoms. The minimum Gasteiger partial charge on any atom is -0.486 e.